The molecule has 0 fully saturated rings. The van der Waals surface area contributed by atoms with Gasteiger partial charge in [0.05, 0.1) is 23.9 Å². The van der Waals surface area contributed by atoms with Gasteiger partial charge in [0, 0.05) is 34.8 Å². The summed E-state index contributed by atoms with van der Waals surface area (Å²) in [6, 6.07) is 16.0. The lowest BCUT2D eigenvalue weighted by Crippen LogP contribution is -2.00. The van der Waals surface area contributed by atoms with Crippen LogP contribution in [0, 0.1) is 24.0 Å². The number of nitro benzene ring substituents is 1. The minimum atomic E-state index is -0.429. The number of benzene rings is 2. The van der Waals surface area contributed by atoms with Crippen molar-refractivity contribution in [2.75, 3.05) is 12.5 Å². The molecule has 0 aliphatic heterocycles. The van der Waals surface area contributed by atoms with Gasteiger partial charge in [-0.3, -0.25) is 15.5 Å². The number of aryl methyl sites for hydroxylation is 1. The second-order valence-corrected chi connectivity index (χ2v) is 6.03. The Labute approximate surface area is 157 Å². The zero-order valence-electron chi connectivity index (χ0n) is 15.3. The van der Waals surface area contributed by atoms with Crippen LogP contribution in [0.1, 0.15) is 17.0 Å². The van der Waals surface area contributed by atoms with Crippen LogP contribution in [0.5, 0.6) is 5.75 Å². The Bertz CT molecular complexity index is 974. The van der Waals surface area contributed by atoms with Crippen LogP contribution in [0.15, 0.2) is 59.7 Å². The number of hydrazone groups is 1. The van der Waals surface area contributed by atoms with Crippen LogP contribution in [0.3, 0.4) is 0 Å². The maximum absolute atomic E-state index is 10.7. The van der Waals surface area contributed by atoms with Gasteiger partial charge >= 0.3 is 0 Å². The van der Waals surface area contributed by atoms with Gasteiger partial charge in [-0.25, -0.2) is 0 Å². The molecule has 0 atom stereocenters. The quantitative estimate of drug-likeness (QED) is 0.398. The van der Waals surface area contributed by atoms with E-state index in [9.17, 15) is 10.1 Å². The monoisotopic (exact) mass is 364 g/mol. The van der Waals surface area contributed by atoms with E-state index in [0.29, 0.717) is 5.69 Å². The van der Waals surface area contributed by atoms with Crippen LogP contribution in [0.2, 0.25) is 0 Å². The van der Waals surface area contributed by atoms with E-state index in [0.717, 1.165) is 28.4 Å². The number of methoxy groups -OCH3 is 1. The topological polar surface area (TPSA) is 81.7 Å². The third-order valence-corrected chi connectivity index (χ3v) is 4.28. The first-order chi connectivity index (χ1) is 13.0. The molecule has 0 radical (unpaired) electrons. The van der Waals surface area contributed by atoms with Crippen molar-refractivity contribution >= 4 is 17.6 Å². The highest BCUT2D eigenvalue weighted by Crippen LogP contribution is 2.22. The Hall–Kier alpha value is -3.61. The van der Waals surface area contributed by atoms with E-state index in [4.69, 9.17) is 4.74 Å². The lowest BCUT2D eigenvalue weighted by Gasteiger charge is -2.10. The zero-order valence-corrected chi connectivity index (χ0v) is 15.3. The Kier molecular flexibility index (Phi) is 5.21. The van der Waals surface area contributed by atoms with Crippen LogP contribution in [0.25, 0.3) is 5.69 Å². The summed E-state index contributed by atoms with van der Waals surface area (Å²) in [4.78, 5) is 10.3. The highest BCUT2D eigenvalue weighted by molar-refractivity contribution is 5.82. The fourth-order valence-corrected chi connectivity index (χ4v) is 2.88. The van der Waals surface area contributed by atoms with Crippen molar-refractivity contribution in [1.29, 1.82) is 0 Å². The lowest BCUT2D eigenvalue weighted by molar-refractivity contribution is -0.384. The molecule has 1 heterocycles. The van der Waals surface area contributed by atoms with Crippen molar-refractivity contribution < 1.29 is 9.66 Å². The fourth-order valence-electron chi connectivity index (χ4n) is 2.88. The number of hydrogen-bond acceptors (Lipinski definition) is 5. The van der Waals surface area contributed by atoms with Gasteiger partial charge in [-0.15, -0.1) is 0 Å². The second kappa shape index (κ2) is 7.74. The molecule has 0 aliphatic carbocycles. The van der Waals surface area contributed by atoms with E-state index >= 15 is 0 Å². The molecule has 0 amide bonds. The number of anilines is 1. The molecule has 3 rings (SSSR count). The van der Waals surface area contributed by atoms with Crippen LogP contribution in [0.4, 0.5) is 11.4 Å². The molecule has 0 saturated heterocycles. The summed E-state index contributed by atoms with van der Waals surface area (Å²) in [5, 5.41) is 14.9. The molecule has 0 unspecified atom stereocenters. The third-order valence-electron chi connectivity index (χ3n) is 4.28. The smallest absolute Gasteiger partial charge is 0.269 e. The van der Waals surface area contributed by atoms with Gasteiger partial charge in [0.25, 0.3) is 5.69 Å². The number of ether oxygens (including phenoxy) is 1. The highest BCUT2D eigenvalue weighted by Gasteiger charge is 2.09. The molecule has 138 valence electrons. The third kappa shape index (κ3) is 3.98. The van der Waals surface area contributed by atoms with E-state index in [-0.39, 0.29) is 5.69 Å². The molecule has 1 N–H and O–H groups in total. The van der Waals surface area contributed by atoms with E-state index in [2.05, 4.69) is 21.2 Å². The van der Waals surface area contributed by atoms with Gasteiger partial charge in [-0.1, -0.05) is 0 Å². The number of rotatable bonds is 6. The van der Waals surface area contributed by atoms with Crippen LogP contribution >= 0.6 is 0 Å². The number of nitrogens with zero attached hydrogens (tertiary/aromatic N) is 3. The number of nitro groups is 1. The molecule has 1 aromatic heterocycles. The molecule has 0 saturated carbocycles. The van der Waals surface area contributed by atoms with Gasteiger partial charge in [-0.2, -0.15) is 5.10 Å². The van der Waals surface area contributed by atoms with Crippen molar-refractivity contribution in [3.63, 3.8) is 0 Å². The minimum absolute atomic E-state index is 0.0487. The normalized spacial score (nSPS) is 10.9. The molecular formula is C20H20N4O3. The predicted octanol–water partition coefficient (Wildman–Crippen LogP) is 4.46. The zero-order chi connectivity index (χ0) is 19.4. The molecule has 7 heteroatoms. The van der Waals surface area contributed by atoms with Crippen molar-refractivity contribution in [2.45, 2.75) is 13.8 Å². The molecule has 0 spiro atoms. The molecular weight excluding hydrogens is 344 g/mol. The van der Waals surface area contributed by atoms with Crippen LogP contribution in [-0.2, 0) is 0 Å². The van der Waals surface area contributed by atoms with Gasteiger partial charge in [0.15, 0.2) is 0 Å². The summed E-state index contributed by atoms with van der Waals surface area (Å²) in [6.07, 6.45) is 1.74. The van der Waals surface area contributed by atoms with E-state index in [1.165, 1.54) is 12.1 Å². The first-order valence-corrected chi connectivity index (χ1v) is 8.36. The fraction of sp³-hybridized carbons (Fsp3) is 0.150. The first-order valence-electron chi connectivity index (χ1n) is 8.36. The van der Waals surface area contributed by atoms with Gasteiger partial charge in [-0.05, 0) is 56.3 Å². The molecule has 27 heavy (non-hydrogen) atoms. The second-order valence-electron chi connectivity index (χ2n) is 6.03. The average Bonchev–Trinajstić information content (AvgIpc) is 2.96. The molecule has 0 bridgehead atoms. The first kappa shape index (κ1) is 18.2. The van der Waals surface area contributed by atoms with Crippen LogP contribution in [-0.4, -0.2) is 22.8 Å². The largest absolute Gasteiger partial charge is 0.497 e. The summed E-state index contributed by atoms with van der Waals surface area (Å²) >= 11 is 0. The SMILES string of the molecule is COc1ccc(-n2c(C)cc(/C=N/Nc3ccc([N+](=O)[O-])cc3)c2C)cc1. The van der Waals surface area contributed by atoms with Crippen molar-refractivity contribution in [3.8, 4) is 11.4 Å². The number of hydrogen-bond donors (Lipinski definition) is 1. The Balaban J connectivity index is 1.77. The molecule has 0 aliphatic rings. The Morgan fingerprint density at radius 3 is 2.37 bits per heavy atom. The van der Waals surface area contributed by atoms with Crippen molar-refractivity contribution in [2.24, 2.45) is 5.10 Å². The van der Waals surface area contributed by atoms with Crippen molar-refractivity contribution in [3.05, 3.63) is 81.7 Å². The Morgan fingerprint density at radius 1 is 1.11 bits per heavy atom. The molecule has 3 aromatic rings. The minimum Gasteiger partial charge on any atom is -0.497 e. The summed E-state index contributed by atoms with van der Waals surface area (Å²) in [5.41, 5.74) is 7.81. The standard InChI is InChI=1S/C20H20N4O3/c1-14-12-16(13-21-22-17-4-6-19(7-5-17)24(25)26)15(2)23(14)18-8-10-20(27-3)11-9-18/h4-13,22H,1-3H3/b21-13+. The van der Waals surface area contributed by atoms with E-state index in [1.807, 2.05) is 38.1 Å². The summed E-state index contributed by atoms with van der Waals surface area (Å²) in [5.74, 6) is 0.815. The Morgan fingerprint density at radius 2 is 1.78 bits per heavy atom. The van der Waals surface area contributed by atoms with Crippen LogP contribution < -0.4 is 10.2 Å². The van der Waals surface area contributed by atoms with E-state index < -0.39 is 4.92 Å². The summed E-state index contributed by atoms with van der Waals surface area (Å²) < 4.78 is 7.36. The highest BCUT2D eigenvalue weighted by atomic mass is 16.6. The average molecular weight is 364 g/mol. The predicted molar refractivity (Wildman–Crippen MR) is 106 cm³/mol. The number of non-ortho nitro benzene ring substituents is 1. The van der Waals surface area contributed by atoms with E-state index in [1.54, 1.807) is 25.5 Å². The maximum Gasteiger partial charge on any atom is 0.269 e. The number of nitrogens with one attached hydrogen (secondary N) is 1. The molecule has 7 nitrogen and oxygen atoms in total. The number of aromatic nitrogens is 1. The van der Waals surface area contributed by atoms with Gasteiger partial charge in [0.2, 0.25) is 0 Å². The summed E-state index contributed by atoms with van der Waals surface area (Å²) in [6.45, 7) is 4.07. The van der Waals surface area contributed by atoms with Crippen molar-refractivity contribution in [1.82, 2.24) is 4.57 Å². The summed E-state index contributed by atoms with van der Waals surface area (Å²) in [7, 11) is 1.65. The van der Waals surface area contributed by atoms with Gasteiger partial charge in [0.1, 0.15) is 5.75 Å². The molecule has 2 aromatic carbocycles. The maximum atomic E-state index is 10.7. The van der Waals surface area contributed by atoms with Gasteiger partial charge < -0.3 is 9.30 Å². The lowest BCUT2D eigenvalue weighted by atomic mass is 10.2.